The highest BCUT2D eigenvalue weighted by molar-refractivity contribution is 6.30. The molecule has 0 aliphatic rings. The van der Waals surface area contributed by atoms with Gasteiger partial charge in [-0.05, 0) is 42.3 Å². The quantitative estimate of drug-likeness (QED) is 0.835. The number of carbonyl (C=O) groups excluding carboxylic acids is 1. The standard InChI is InChI=1S/C16H17ClN2O2/c1-21-13-5-6-15(18)14(10-13)16(20)19-8-7-11-3-2-4-12(17)9-11/h2-6,9-10H,7-8,18H2,1H3,(H,19,20). The first-order valence-corrected chi connectivity index (χ1v) is 6.94. The van der Waals surface area contributed by atoms with E-state index in [0.717, 1.165) is 5.56 Å². The van der Waals surface area contributed by atoms with Crippen molar-refractivity contribution in [1.82, 2.24) is 5.32 Å². The van der Waals surface area contributed by atoms with Crippen LogP contribution in [0.2, 0.25) is 5.02 Å². The Hall–Kier alpha value is -2.20. The summed E-state index contributed by atoms with van der Waals surface area (Å²) in [5.74, 6) is 0.387. The predicted molar refractivity (Wildman–Crippen MR) is 84.9 cm³/mol. The summed E-state index contributed by atoms with van der Waals surface area (Å²) in [5, 5.41) is 3.53. The summed E-state index contributed by atoms with van der Waals surface area (Å²) in [6, 6.07) is 12.6. The summed E-state index contributed by atoms with van der Waals surface area (Å²) in [7, 11) is 1.55. The van der Waals surface area contributed by atoms with Crippen LogP contribution in [0.5, 0.6) is 5.75 Å². The average molecular weight is 305 g/mol. The highest BCUT2D eigenvalue weighted by Gasteiger charge is 2.10. The minimum Gasteiger partial charge on any atom is -0.497 e. The number of benzene rings is 2. The topological polar surface area (TPSA) is 64.3 Å². The van der Waals surface area contributed by atoms with Crippen LogP contribution in [0.3, 0.4) is 0 Å². The van der Waals surface area contributed by atoms with Crippen molar-refractivity contribution in [2.24, 2.45) is 0 Å². The second-order valence-electron chi connectivity index (χ2n) is 4.59. The molecule has 5 heteroatoms. The monoisotopic (exact) mass is 304 g/mol. The van der Waals surface area contributed by atoms with Gasteiger partial charge in [0.15, 0.2) is 0 Å². The van der Waals surface area contributed by atoms with Crippen molar-refractivity contribution in [3.63, 3.8) is 0 Å². The molecule has 0 radical (unpaired) electrons. The van der Waals surface area contributed by atoms with Crippen molar-refractivity contribution in [1.29, 1.82) is 0 Å². The Balaban J connectivity index is 1.96. The maximum Gasteiger partial charge on any atom is 0.253 e. The molecule has 0 spiro atoms. The molecular weight excluding hydrogens is 288 g/mol. The van der Waals surface area contributed by atoms with Crippen LogP contribution >= 0.6 is 11.6 Å². The normalized spacial score (nSPS) is 10.2. The molecule has 0 unspecified atom stereocenters. The van der Waals surface area contributed by atoms with E-state index in [9.17, 15) is 4.79 Å². The molecule has 0 aromatic heterocycles. The van der Waals surface area contributed by atoms with E-state index in [1.54, 1.807) is 25.3 Å². The van der Waals surface area contributed by atoms with Gasteiger partial charge in [-0.2, -0.15) is 0 Å². The number of ether oxygens (including phenoxy) is 1. The van der Waals surface area contributed by atoms with Crippen LogP contribution in [0.4, 0.5) is 5.69 Å². The van der Waals surface area contributed by atoms with E-state index in [-0.39, 0.29) is 5.91 Å². The molecule has 3 N–H and O–H groups in total. The first kappa shape index (κ1) is 15.2. The van der Waals surface area contributed by atoms with E-state index >= 15 is 0 Å². The fourth-order valence-electron chi connectivity index (χ4n) is 1.97. The van der Waals surface area contributed by atoms with Crippen LogP contribution in [0.25, 0.3) is 0 Å². The average Bonchev–Trinajstić information content (AvgIpc) is 2.47. The van der Waals surface area contributed by atoms with Crippen LogP contribution in [-0.2, 0) is 6.42 Å². The summed E-state index contributed by atoms with van der Waals surface area (Å²) in [5.41, 5.74) is 7.73. The summed E-state index contributed by atoms with van der Waals surface area (Å²) < 4.78 is 5.10. The molecule has 2 aromatic rings. The van der Waals surface area contributed by atoms with Crippen molar-refractivity contribution in [3.8, 4) is 5.75 Å². The van der Waals surface area contributed by atoms with Crippen molar-refractivity contribution in [2.45, 2.75) is 6.42 Å². The van der Waals surface area contributed by atoms with Gasteiger partial charge in [-0.15, -0.1) is 0 Å². The SMILES string of the molecule is COc1ccc(N)c(C(=O)NCCc2cccc(Cl)c2)c1. The number of hydrogen-bond donors (Lipinski definition) is 2. The van der Waals surface area contributed by atoms with E-state index in [0.29, 0.717) is 35.0 Å². The molecule has 0 aliphatic carbocycles. The molecular formula is C16H17ClN2O2. The molecule has 0 heterocycles. The second kappa shape index (κ2) is 6.99. The van der Waals surface area contributed by atoms with E-state index < -0.39 is 0 Å². The number of anilines is 1. The van der Waals surface area contributed by atoms with Gasteiger partial charge in [0.1, 0.15) is 5.75 Å². The van der Waals surface area contributed by atoms with Crippen LogP contribution in [-0.4, -0.2) is 19.6 Å². The number of halogens is 1. The van der Waals surface area contributed by atoms with Gasteiger partial charge < -0.3 is 15.8 Å². The molecule has 0 atom stereocenters. The number of nitrogens with one attached hydrogen (secondary N) is 1. The number of methoxy groups -OCH3 is 1. The van der Waals surface area contributed by atoms with E-state index in [1.165, 1.54) is 0 Å². The number of amides is 1. The van der Waals surface area contributed by atoms with Crippen molar-refractivity contribution in [3.05, 3.63) is 58.6 Å². The second-order valence-corrected chi connectivity index (χ2v) is 5.03. The third kappa shape index (κ3) is 4.13. The van der Waals surface area contributed by atoms with Crippen molar-refractivity contribution < 1.29 is 9.53 Å². The van der Waals surface area contributed by atoms with Crippen molar-refractivity contribution in [2.75, 3.05) is 19.4 Å². The van der Waals surface area contributed by atoms with E-state index in [1.807, 2.05) is 24.3 Å². The zero-order valence-electron chi connectivity index (χ0n) is 11.7. The van der Waals surface area contributed by atoms with Crippen LogP contribution in [0, 0.1) is 0 Å². The van der Waals surface area contributed by atoms with Gasteiger partial charge in [0, 0.05) is 17.3 Å². The predicted octanol–water partition coefficient (Wildman–Crippen LogP) is 2.90. The zero-order valence-corrected chi connectivity index (χ0v) is 12.5. The van der Waals surface area contributed by atoms with Gasteiger partial charge >= 0.3 is 0 Å². The first-order valence-electron chi connectivity index (χ1n) is 6.56. The summed E-state index contributed by atoms with van der Waals surface area (Å²) in [6.45, 7) is 0.510. The highest BCUT2D eigenvalue weighted by atomic mass is 35.5. The highest BCUT2D eigenvalue weighted by Crippen LogP contribution is 2.19. The maximum atomic E-state index is 12.1. The van der Waals surface area contributed by atoms with Gasteiger partial charge in [0.2, 0.25) is 0 Å². The Morgan fingerprint density at radius 1 is 1.29 bits per heavy atom. The van der Waals surface area contributed by atoms with E-state index in [4.69, 9.17) is 22.1 Å². The summed E-state index contributed by atoms with van der Waals surface area (Å²) in [4.78, 5) is 12.1. The number of hydrogen-bond acceptors (Lipinski definition) is 3. The van der Waals surface area contributed by atoms with Gasteiger partial charge in [-0.1, -0.05) is 23.7 Å². The molecule has 110 valence electrons. The largest absolute Gasteiger partial charge is 0.497 e. The fourth-order valence-corrected chi connectivity index (χ4v) is 2.18. The third-order valence-electron chi connectivity index (χ3n) is 3.09. The number of carbonyl (C=O) groups is 1. The van der Waals surface area contributed by atoms with Crippen LogP contribution < -0.4 is 15.8 Å². The number of nitrogens with two attached hydrogens (primary N) is 1. The Labute approximate surface area is 128 Å². The molecule has 0 saturated heterocycles. The minimum atomic E-state index is -0.214. The zero-order chi connectivity index (χ0) is 15.2. The lowest BCUT2D eigenvalue weighted by atomic mass is 10.1. The Bertz CT molecular complexity index is 644. The van der Waals surface area contributed by atoms with Gasteiger partial charge in [-0.25, -0.2) is 0 Å². The molecule has 21 heavy (non-hydrogen) atoms. The molecule has 4 nitrogen and oxygen atoms in total. The fraction of sp³-hybridized carbons (Fsp3) is 0.188. The molecule has 0 bridgehead atoms. The maximum absolute atomic E-state index is 12.1. The van der Waals surface area contributed by atoms with Gasteiger partial charge in [0.25, 0.3) is 5.91 Å². The van der Waals surface area contributed by atoms with Gasteiger partial charge in [0.05, 0.1) is 12.7 Å². The smallest absolute Gasteiger partial charge is 0.253 e. The van der Waals surface area contributed by atoms with Crippen LogP contribution in [0.15, 0.2) is 42.5 Å². The summed E-state index contributed by atoms with van der Waals surface area (Å²) in [6.07, 6.45) is 0.705. The number of nitrogen functional groups attached to an aromatic ring is 1. The lowest BCUT2D eigenvalue weighted by Gasteiger charge is -2.09. The molecule has 2 rings (SSSR count). The summed E-state index contributed by atoms with van der Waals surface area (Å²) >= 11 is 5.92. The van der Waals surface area contributed by atoms with Crippen molar-refractivity contribution >= 4 is 23.2 Å². The molecule has 0 saturated carbocycles. The Morgan fingerprint density at radius 3 is 2.81 bits per heavy atom. The molecule has 0 aliphatic heterocycles. The first-order chi connectivity index (χ1) is 10.1. The minimum absolute atomic E-state index is 0.214. The third-order valence-corrected chi connectivity index (χ3v) is 3.33. The lowest BCUT2D eigenvalue weighted by molar-refractivity contribution is 0.0954. The van der Waals surface area contributed by atoms with Crippen LogP contribution in [0.1, 0.15) is 15.9 Å². The van der Waals surface area contributed by atoms with Gasteiger partial charge in [-0.3, -0.25) is 4.79 Å². The Kier molecular flexibility index (Phi) is 5.06. The number of rotatable bonds is 5. The molecule has 2 aromatic carbocycles. The van der Waals surface area contributed by atoms with E-state index in [2.05, 4.69) is 5.32 Å². The molecule has 1 amide bonds. The lowest BCUT2D eigenvalue weighted by Crippen LogP contribution is -2.26. The molecule has 0 fully saturated rings. The Morgan fingerprint density at radius 2 is 2.10 bits per heavy atom.